The summed E-state index contributed by atoms with van der Waals surface area (Å²) in [6.07, 6.45) is 4.07. The molecule has 2 rings (SSSR count). The summed E-state index contributed by atoms with van der Waals surface area (Å²) in [5.41, 5.74) is 0.756. The molecule has 0 saturated carbocycles. The first kappa shape index (κ1) is 12.7. The molecule has 0 saturated heterocycles. The van der Waals surface area contributed by atoms with Crippen molar-refractivity contribution in [2.24, 2.45) is 0 Å². The lowest BCUT2D eigenvalue weighted by molar-refractivity contribution is -0.384. The van der Waals surface area contributed by atoms with E-state index in [-0.39, 0.29) is 5.69 Å². The zero-order valence-corrected chi connectivity index (χ0v) is 10.1. The fourth-order valence-corrected chi connectivity index (χ4v) is 1.64. The summed E-state index contributed by atoms with van der Waals surface area (Å²) < 4.78 is 4.45. The van der Waals surface area contributed by atoms with Crippen molar-refractivity contribution in [1.82, 2.24) is 4.98 Å². The molecule has 0 N–H and O–H groups in total. The number of hydrogen-bond donors (Lipinski definition) is 0. The van der Waals surface area contributed by atoms with Crippen LogP contribution in [0.25, 0.3) is 17.0 Å². The van der Waals surface area contributed by atoms with E-state index in [4.69, 9.17) is 0 Å². The molecule has 0 unspecified atom stereocenters. The highest BCUT2D eigenvalue weighted by Crippen LogP contribution is 2.25. The Morgan fingerprint density at radius 3 is 2.95 bits per heavy atom. The summed E-state index contributed by atoms with van der Waals surface area (Å²) >= 11 is 0. The molecule has 6 heteroatoms. The Hall–Kier alpha value is -2.76. The van der Waals surface area contributed by atoms with Crippen LogP contribution in [-0.4, -0.2) is 23.0 Å². The summed E-state index contributed by atoms with van der Waals surface area (Å²) in [5.74, 6) is -0.569. The van der Waals surface area contributed by atoms with Crippen molar-refractivity contribution in [2.75, 3.05) is 7.11 Å². The number of aromatic nitrogens is 1. The number of rotatable bonds is 3. The van der Waals surface area contributed by atoms with Crippen molar-refractivity contribution >= 4 is 28.6 Å². The molecule has 0 aliphatic heterocycles. The van der Waals surface area contributed by atoms with Crippen molar-refractivity contribution < 1.29 is 14.5 Å². The molecule has 0 amide bonds. The maximum Gasteiger partial charge on any atom is 0.330 e. The van der Waals surface area contributed by atoms with E-state index in [0.29, 0.717) is 11.1 Å². The largest absolute Gasteiger partial charge is 0.466 e. The lowest BCUT2D eigenvalue weighted by atomic mass is 10.1. The van der Waals surface area contributed by atoms with Crippen molar-refractivity contribution in [1.29, 1.82) is 0 Å². The van der Waals surface area contributed by atoms with Gasteiger partial charge in [0, 0.05) is 23.7 Å². The first-order valence-corrected chi connectivity index (χ1v) is 5.41. The highest BCUT2D eigenvalue weighted by Gasteiger charge is 2.13. The van der Waals surface area contributed by atoms with Gasteiger partial charge in [0.15, 0.2) is 0 Å². The second-order valence-corrected chi connectivity index (χ2v) is 3.72. The molecular weight excluding hydrogens is 248 g/mol. The SMILES string of the molecule is COC(=O)C=Cc1cc2cccnc2cc1[N+](=O)[O-]. The van der Waals surface area contributed by atoms with Gasteiger partial charge in [-0.05, 0) is 18.2 Å². The molecule has 1 aromatic heterocycles. The standard InChI is InChI=1S/C13H10N2O4/c1-19-13(16)5-4-10-7-9-3-2-6-14-11(9)8-12(10)15(17)18/h2-8H,1H3. The lowest BCUT2D eigenvalue weighted by Gasteiger charge is -2.01. The van der Waals surface area contributed by atoms with Gasteiger partial charge in [0.25, 0.3) is 5.69 Å². The van der Waals surface area contributed by atoms with E-state index < -0.39 is 10.9 Å². The Balaban J connectivity index is 2.57. The van der Waals surface area contributed by atoms with Crippen molar-refractivity contribution in [3.05, 3.63) is 52.2 Å². The van der Waals surface area contributed by atoms with Crippen LogP contribution in [-0.2, 0) is 9.53 Å². The summed E-state index contributed by atoms with van der Waals surface area (Å²) in [6, 6.07) is 6.52. The second-order valence-electron chi connectivity index (χ2n) is 3.72. The Kier molecular flexibility index (Phi) is 3.51. The molecule has 0 radical (unpaired) electrons. The number of esters is 1. The van der Waals surface area contributed by atoms with Crippen molar-refractivity contribution in [3.63, 3.8) is 0 Å². The van der Waals surface area contributed by atoms with Gasteiger partial charge in [-0.1, -0.05) is 6.07 Å². The van der Waals surface area contributed by atoms with E-state index in [1.54, 1.807) is 24.4 Å². The quantitative estimate of drug-likeness (QED) is 0.365. The molecule has 0 fully saturated rings. The predicted molar refractivity (Wildman–Crippen MR) is 69.4 cm³/mol. The van der Waals surface area contributed by atoms with Crippen molar-refractivity contribution in [2.45, 2.75) is 0 Å². The molecule has 6 nitrogen and oxygen atoms in total. The van der Waals surface area contributed by atoms with E-state index in [2.05, 4.69) is 9.72 Å². The summed E-state index contributed by atoms with van der Waals surface area (Å²) in [6.45, 7) is 0. The predicted octanol–water partition coefficient (Wildman–Crippen LogP) is 2.33. The van der Waals surface area contributed by atoms with E-state index in [1.165, 1.54) is 19.3 Å². The molecule has 0 aliphatic carbocycles. The lowest BCUT2D eigenvalue weighted by Crippen LogP contribution is -1.95. The third-order valence-electron chi connectivity index (χ3n) is 2.55. The minimum Gasteiger partial charge on any atom is -0.466 e. The number of methoxy groups -OCH3 is 1. The Morgan fingerprint density at radius 1 is 1.47 bits per heavy atom. The highest BCUT2D eigenvalue weighted by atomic mass is 16.6. The molecule has 2 aromatic rings. The summed E-state index contributed by atoms with van der Waals surface area (Å²) in [4.78, 5) is 25.6. The molecule has 1 heterocycles. The monoisotopic (exact) mass is 258 g/mol. The number of carbonyl (C=O) groups is 1. The first-order chi connectivity index (χ1) is 9.11. The second kappa shape index (κ2) is 5.26. The number of nitrogens with zero attached hydrogens (tertiary/aromatic N) is 2. The van der Waals surface area contributed by atoms with Gasteiger partial charge in [-0.3, -0.25) is 15.1 Å². The fourth-order valence-electron chi connectivity index (χ4n) is 1.64. The van der Waals surface area contributed by atoms with E-state index in [0.717, 1.165) is 11.5 Å². The normalized spacial score (nSPS) is 10.8. The zero-order chi connectivity index (χ0) is 13.8. The molecule has 0 aliphatic rings. The molecule has 0 atom stereocenters. The number of hydrogen-bond acceptors (Lipinski definition) is 5. The van der Waals surface area contributed by atoms with E-state index >= 15 is 0 Å². The van der Waals surface area contributed by atoms with Crippen molar-refractivity contribution in [3.8, 4) is 0 Å². The number of ether oxygens (including phenoxy) is 1. The zero-order valence-electron chi connectivity index (χ0n) is 10.1. The van der Waals surface area contributed by atoms with Gasteiger partial charge in [0.1, 0.15) is 0 Å². The minimum atomic E-state index is -0.569. The van der Waals surface area contributed by atoms with Gasteiger partial charge in [-0.2, -0.15) is 0 Å². The maximum atomic E-state index is 11.0. The molecule has 19 heavy (non-hydrogen) atoms. The number of pyridine rings is 1. The highest BCUT2D eigenvalue weighted by molar-refractivity contribution is 5.91. The number of fused-ring (bicyclic) bond motifs is 1. The Morgan fingerprint density at radius 2 is 2.26 bits per heavy atom. The van der Waals surface area contributed by atoms with Crippen LogP contribution < -0.4 is 0 Å². The number of nitro benzene ring substituents is 1. The van der Waals surface area contributed by atoms with E-state index in [1.807, 2.05) is 0 Å². The van der Waals surface area contributed by atoms with Gasteiger partial charge < -0.3 is 4.74 Å². The average molecular weight is 258 g/mol. The number of carbonyl (C=O) groups excluding carboxylic acids is 1. The van der Waals surface area contributed by atoms with Crippen LogP contribution in [0.1, 0.15) is 5.56 Å². The topological polar surface area (TPSA) is 82.3 Å². The van der Waals surface area contributed by atoms with Crippen LogP contribution in [0.2, 0.25) is 0 Å². The summed E-state index contributed by atoms with van der Waals surface area (Å²) in [7, 11) is 1.24. The smallest absolute Gasteiger partial charge is 0.330 e. The van der Waals surface area contributed by atoms with Gasteiger partial charge in [-0.15, -0.1) is 0 Å². The number of nitro groups is 1. The van der Waals surface area contributed by atoms with Gasteiger partial charge in [0.2, 0.25) is 0 Å². The van der Waals surface area contributed by atoms with Crippen LogP contribution >= 0.6 is 0 Å². The van der Waals surface area contributed by atoms with Crippen LogP contribution in [0.4, 0.5) is 5.69 Å². The third kappa shape index (κ3) is 2.74. The maximum absolute atomic E-state index is 11.0. The fraction of sp³-hybridized carbons (Fsp3) is 0.0769. The molecule has 96 valence electrons. The van der Waals surface area contributed by atoms with E-state index in [9.17, 15) is 14.9 Å². The average Bonchev–Trinajstić information content (AvgIpc) is 2.43. The molecule has 0 bridgehead atoms. The first-order valence-electron chi connectivity index (χ1n) is 5.41. The van der Waals surface area contributed by atoms with Crippen LogP contribution in [0.3, 0.4) is 0 Å². The minimum absolute atomic E-state index is 0.105. The molecule has 0 spiro atoms. The molecular formula is C13H10N2O4. The third-order valence-corrected chi connectivity index (χ3v) is 2.55. The summed E-state index contributed by atoms with van der Waals surface area (Å²) in [5, 5.41) is 11.8. The molecule has 1 aromatic carbocycles. The van der Waals surface area contributed by atoms with Crippen LogP contribution in [0, 0.1) is 10.1 Å². The van der Waals surface area contributed by atoms with Crippen LogP contribution in [0.15, 0.2) is 36.5 Å². The number of benzene rings is 1. The Bertz CT molecular complexity index is 679. The van der Waals surface area contributed by atoms with Gasteiger partial charge >= 0.3 is 5.97 Å². The van der Waals surface area contributed by atoms with Gasteiger partial charge in [-0.25, -0.2) is 4.79 Å². The Labute approximate surface area is 108 Å². The van der Waals surface area contributed by atoms with Gasteiger partial charge in [0.05, 0.1) is 23.1 Å². The van der Waals surface area contributed by atoms with Crippen LogP contribution in [0.5, 0.6) is 0 Å².